The van der Waals surface area contributed by atoms with Crippen LogP contribution in [0.1, 0.15) is 114 Å². The molecule has 1 fully saturated rings. The minimum Gasteiger partial charge on any atom is -0.379 e. The van der Waals surface area contributed by atoms with E-state index in [4.69, 9.17) is 9.47 Å². The smallest absolute Gasteiger partial charge is 0.245 e. The summed E-state index contributed by atoms with van der Waals surface area (Å²) in [5.74, 6) is -2.07. The molecule has 1 aromatic carbocycles. The number of carbonyl (C=O) groups is 5. The first-order valence-corrected chi connectivity index (χ1v) is 21.8. The number of hydrogen-bond donors (Lipinski definition) is 3. The number of carbonyl (C=O) groups excluding carboxylic acids is 5. The number of nitrogens with zero attached hydrogens (tertiary/aromatic N) is 3. The molecular formula is C46H82N6O7. The lowest BCUT2D eigenvalue weighted by molar-refractivity contribution is -0.148. The third kappa shape index (κ3) is 15.8. The number of likely N-dealkylation sites (tertiary alicyclic amines) is 1. The monoisotopic (exact) mass is 831 g/mol. The molecule has 1 heterocycles. The zero-order valence-electron chi connectivity index (χ0n) is 39.7. The van der Waals surface area contributed by atoms with Gasteiger partial charge in [-0.2, -0.15) is 0 Å². The Morgan fingerprint density at radius 1 is 0.847 bits per heavy atom. The molecule has 1 aromatic rings. The van der Waals surface area contributed by atoms with Crippen LogP contribution in [-0.2, 0) is 39.9 Å². The van der Waals surface area contributed by atoms with Crippen LogP contribution in [0.2, 0.25) is 0 Å². The maximum atomic E-state index is 14.3. The average Bonchev–Trinajstić information content (AvgIpc) is 3.66. The summed E-state index contributed by atoms with van der Waals surface area (Å²) in [6.07, 6.45) is 1.16. The summed E-state index contributed by atoms with van der Waals surface area (Å²) < 4.78 is 12.0. The van der Waals surface area contributed by atoms with Gasteiger partial charge in [0, 0.05) is 39.8 Å². The predicted octanol–water partition coefficient (Wildman–Crippen LogP) is 5.30. The zero-order valence-corrected chi connectivity index (χ0v) is 39.7. The lowest BCUT2D eigenvalue weighted by Crippen LogP contribution is -2.59. The molecule has 0 aliphatic carbocycles. The van der Waals surface area contributed by atoms with Crippen LogP contribution in [0.4, 0.5) is 0 Å². The fourth-order valence-corrected chi connectivity index (χ4v) is 8.23. The van der Waals surface area contributed by atoms with Gasteiger partial charge in [-0.05, 0) is 71.0 Å². The van der Waals surface area contributed by atoms with Crippen molar-refractivity contribution in [1.29, 1.82) is 0 Å². The predicted molar refractivity (Wildman–Crippen MR) is 237 cm³/mol. The van der Waals surface area contributed by atoms with Crippen LogP contribution in [-0.4, -0.2) is 134 Å². The molecule has 3 N–H and O–H groups in total. The maximum absolute atomic E-state index is 14.3. The topological polar surface area (TPSA) is 150 Å². The Hall–Kier alpha value is -3.55. The molecule has 1 saturated heterocycles. The van der Waals surface area contributed by atoms with E-state index < -0.39 is 47.8 Å². The molecule has 0 saturated carbocycles. The Bertz CT molecular complexity index is 1440. The van der Waals surface area contributed by atoms with Crippen LogP contribution in [0.3, 0.4) is 0 Å². The summed E-state index contributed by atoms with van der Waals surface area (Å²) in [5.41, 5.74) is 0.424. The van der Waals surface area contributed by atoms with Gasteiger partial charge in [0.25, 0.3) is 0 Å². The quantitative estimate of drug-likeness (QED) is 0.151. The van der Waals surface area contributed by atoms with Crippen LogP contribution in [0.5, 0.6) is 0 Å². The van der Waals surface area contributed by atoms with Crippen LogP contribution in [0, 0.1) is 23.7 Å². The Labute approximate surface area is 357 Å². The van der Waals surface area contributed by atoms with Crippen molar-refractivity contribution in [1.82, 2.24) is 30.7 Å². The van der Waals surface area contributed by atoms with E-state index in [0.717, 1.165) is 18.4 Å². The third-order valence-electron chi connectivity index (χ3n) is 11.4. The first kappa shape index (κ1) is 53.5. The molecule has 1 aliphatic rings. The normalized spacial score (nSPS) is 18.4. The molecule has 1 aliphatic heterocycles. The first-order chi connectivity index (χ1) is 27.6. The highest BCUT2D eigenvalue weighted by atomic mass is 16.5. The average molecular weight is 831 g/mol. The van der Waals surface area contributed by atoms with E-state index in [1.54, 1.807) is 38.0 Å². The van der Waals surface area contributed by atoms with E-state index in [1.807, 2.05) is 125 Å². The van der Waals surface area contributed by atoms with Gasteiger partial charge in [-0.15, -0.1) is 0 Å². The summed E-state index contributed by atoms with van der Waals surface area (Å²) >= 11 is 0. The van der Waals surface area contributed by atoms with E-state index in [9.17, 15) is 24.0 Å². The second-order valence-corrected chi connectivity index (χ2v) is 18.0. The number of rotatable bonds is 21. The number of ether oxygens (including phenoxy) is 2. The Morgan fingerprint density at radius 2 is 1.44 bits per heavy atom. The molecule has 8 unspecified atom stereocenters. The standard InChI is InChI=1S/C44H76N6O7.C2H6/c1-16-29(6)38(49(13)43(55)36(27(2)3)46-42(54)37(28(4)5)48(11)12)34(56-14)26-35(51)50-24-20-23-33(50)39(57-15)30(7)40(52)45-32(41(53)47-44(8,9)10)25-31-21-18-17-19-22-31;1-2/h17-19,21-22,27-30,32-34,36-39H,16,20,23-26H2,1-15H3,(H,45,52)(H,46,54)(H,47,53);1-2H3/t29?,30?,32?,33?,34?,36-,37?,38?,39?;/m0./s1. The van der Waals surface area contributed by atoms with E-state index in [1.165, 1.54) is 0 Å². The number of benzene rings is 1. The van der Waals surface area contributed by atoms with Crippen molar-refractivity contribution >= 4 is 29.5 Å². The summed E-state index contributed by atoms with van der Waals surface area (Å²) in [4.78, 5) is 74.7. The van der Waals surface area contributed by atoms with E-state index >= 15 is 0 Å². The molecule has 13 nitrogen and oxygen atoms in total. The number of likely N-dealkylation sites (N-methyl/N-ethyl adjacent to an activating group) is 2. The maximum Gasteiger partial charge on any atom is 0.245 e. The molecule has 13 heteroatoms. The molecule has 0 bridgehead atoms. The lowest BCUT2D eigenvalue weighted by atomic mass is 9.89. The molecule has 59 heavy (non-hydrogen) atoms. The zero-order chi connectivity index (χ0) is 45.4. The lowest BCUT2D eigenvalue weighted by Gasteiger charge is -2.41. The minimum absolute atomic E-state index is 0.0114. The van der Waals surface area contributed by atoms with Crippen molar-refractivity contribution in [3.63, 3.8) is 0 Å². The van der Waals surface area contributed by atoms with Crippen LogP contribution >= 0.6 is 0 Å². The third-order valence-corrected chi connectivity index (χ3v) is 11.4. The van der Waals surface area contributed by atoms with Gasteiger partial charge in [-0.1, -0.05) is 99.1 Å². The Kier molecular flexibility index (Phi) is 22.9. The Balaban J connectivity index is 0.00000856. The van der Waals surface area contributed by atoms with Gasteiger partial charge in [0.2, 0.25) is 29.5 Å². The number of methoxy groups -OCH3 is 2. The molecule has 0 radical (unpaired) electrons. The van der Waals surface area contributed by atoms with Gasteiger partial charge in [0.15, 0.2) is 0 Å². The van der Waals surface area contributed by atoms with Gasteiger partial charge in [0.1, 0.15) is 12.1 Å². The summed E-state index contributed by atoms with van der Waals surface area (Å²) in [6.45, 7) is 23.8. The highest BCUT2D eigenvalue weighted by molar-refractivity contribution is 5.91. The van der Waals surface area contributed by atoms with Gasteiger partial charge < -0.3 is 35.2 Å². The molecule has 338 valence electrons. The first-order valence-electron chi connectivity index (χ1n) is 21.8. The number of nitrogens with one attached hydrogen (secondary N) is 3. The fourth-order valence-electron chi connectivity index (χ4n) is 8.23. The van der Waals surface area contributed by atoms with Crippen molar-refractivity contribution < 1.29 is 33.4 Å². The number of amides is 5. The van der Waals surface area contributed by atoms with Gasteiger partial charge in [-0.25, -0.2) is 0 Å². The highest BCUT2D eigenvalue weighted by Crippen LogP contribution is 2.30. The molecule has 0 aromatic heterocycles. The SMILES string of the molecule is CC.CCC(C)C(C(CC(=O)N1CCCC1C(OC)C(C)C(=O)NC(Cc1ccccc1)C(=O)NC(C)(C)C)OC)N(C)C(=O)[C@@H](NC(=O)C(C(C)C)N(C)C)C(C)C. The molecule has 2 rings (SSSR count). The molecule has 9 atom stereocenters. The van der Waals surface area contributed by atoms with Crippen molar-refractivity contribution in [3.05, 3.63) is 35.9 Å². The summed E-state index contributed by atoms with van der Waals surface area (Å²) in [6, 6.07) is 6.72. The molecule has 5 amide bonds. The van der Waals surface area contributed by atoms with Crippen LogP contribution in [0.15, 0.2) is 30.3 Å². The Morgan fingerprint density at radius 3 is 1.92 bits per heavy atom. The van der Waals surface area contributed by atoms with E-state index in [-0.39, 0.29) is 59.8 Å². The molecule has 0 spiro atoms. The second-order valence-electron chi connectivity index (χ2n) is 18.0. The molecular weight excluding hydrogens is 749 g/mol. The van der Waals surface area contributed by atoms with Crippen molar-refractivity contribution in [2.45, 2.75) is 163 Å². The van der Waals surface area contributed by atoms with Gasteiger partial charge >= 0.3 is 0 Å². The van der Waals surface area contributed by atoms with Crippen molar-refractivity contribution in [2.75, 3.05) is 41.9 Å². The minimum atomic E-state index is -0.812. The van der Waals surface area contributed by atoms with Gasteiger partial charge in [-0.3, -0.25) is 28.9 Å². The van der Waals surface area contributed by atoms with Gasteiger partial charge in [0.05, 0.1) is 42.7 Å². The second kappa shape index (κ2) is 25.3. The van der Waals surface area contributed by atoms with Crippen molar-refractivity contribution in [2.24, 2.45) is 23.7 Å². The fraction of sp³-hybridized carbons (Fsp3) is 0.761. The highest BCUT2D eigenvalue weighted by Gasteiger charge is 2.43. The number of hydrogen-bond acceptors (Lipinski definition) is 8. The summed E-state index contributed by atoms with van der Waals surface area (Å²) in [7, 11) is 8.55. The largest absolute Gasteiger partial charge is 0.379 e. The summed E-state index contributed by atoms with van der Waals surface area (Å²) in [5, 5.41) is 9.04. The van der Waals surface area contributed by atoms with Crippen molar-refractivity contribution in [3.8, 4) is 0 Å². The van der Waals surface area contributed by atoms with E-state index in [2.05, 4.69) is 16.0 Å². The van der Waals surface area contributed by atoms with Crippen LogP contribution in [0.25, 0.3) is 0 Å². The van der Waals surface area contributed by atoms with Crippen LogP contribution < -0.4 is 16.0 Å². The van der Waals surface area contributed by atoms with E-state index in [0.29, 0.717) is 19.4 Å².